The van der Waals surface area contributed by atoms with Crippen molar-refractivity contribution in [2.24, 2.45) is 5.92 Å². The average Bonchev–Trinajstić information content (AvgIpc) is 2.83. The van der Waals surface area contributed by atoms with E-state index in [4.69, 9.17) is 4.74 Å². The molecule has 1 aromatic rings. The molecule has 1 fully saturated rings. The Morgan fingerprint density at radius 1 is 1.53 bits per heavy atom. The van der Waals surface area contributed by atoms with E-state index in [2.05, 4.69) is 53.3 Å². The predicted molar refractivity (Wildman–Crippen MR) is 74.2 cm³/mol. The van der Waals surface area contributed by atoms with Crippen LogP contribution in [-0.2, 0) is 4.74 Å². The van der Waals surface area contributed by atoms with Crippen molar-refractivity contribution in [1.29, 1.82) is 0 Å². The van der Waals surface area contributed by atoms with Crippen LogP contribution in [0.2, 0.25) is 0 Å². The van der Waals surface area contributed by atoms with Gasteiger partial charge in [-0.25, -0.2) is 0 Å². The van der Waals surface area contributed by atoms with Crippen molar-refractivity contribution >= 4 is 15.9 Å². The van der Waals surface area contributed by atoms with E-state index in [0.717, 1.165) is 26.2 Å². The summed E-state index contributed by atoms with van der Waals surface area (Å²) in [6, 6.07) is 6.96. The Kier molecular flexibility index (Phi) is 4.60. The Morgan fingerprint density at radius 3 is 3.00 bits per heavy atom. The molecule has 1 aromatic carbocycles. The molecule has 1 N–H and O–H groups in total. The van der Waals surface area contributed by atoms with E-state index in [-0.39, 0.29) is 0 Å². The lowest BCUT2D eigenvalue weighted by Crippen LogP contribution is -2.29. The topological polar surface area (TPSA) is 21.3 Å². The standard InChI is InChI=1S/C14H20BrNO/c1-3-16-14(11-6-7-17-9-11)12-8-10(2)4-5-13(12)15/h4-5,8,11,14,16H,3,6-7,9H2,1-2H3. The second kappa shape index (κ2) is 5.98. The number of aryl methyl sites for hydroxylation is 1. The van der Waals surface area contributed by atoms with Crippen molar-refractivity contribution < 1.29 is 4.74 Å². The van der Waals surface area contributed by atoms with Gasteiger partial charge in [0.1, 0.15) is 0 Å². The molecule has 2 unspecified atom stereocenters. The monoisotopic (exact) mass is 297 g/mol. The lowest BCUT2D eigenvalue weighted by Gasteiger charge is -2.25. The van der Waals surface area contributed by atoms with Gasteiger partial charge in [-0.3, -0.25) is 0 Å². The van der Waals surface area contributed by atoms with Gasteiger partial charge >= 0.3 is 0 Å². The molecule has 0 aromatic heterocycles. The highest BCUT2D eigenvalue weighted by Gasteiger charge is 2.27. The maximum absolute atomic E-state index is 5.52. The van der Waals surface area contributed by atoms with E-state index in [1.54, 1.807) is 0 Å². The smallest absolute Gasteiger partial charge is 0.0513 e. The zero-order valence-corrected chi connectivity index (χ0v) is 12.1. The third kappa shape index (κ3) is 3.09. The summed E-state index contributed by atoms with van der Waals surface area (Å²) < 4.78 is 6.72. The molecule has 1 heterocycles. The van der Waals surface area contributed by atoms with Crippen LogP contribution in [0.5, 0.6) is 0 Å². The van der Waals surface area contributed by atoms with Crippen molar-refractivity contribution in [3.8, 4) is 0 Å². The molecule has 1 aliphatic heterocycles. The molecule has 94 valence electrons. The SMILES string of the molecule is CCNC(c1cc(C)ccc1Br)C1CCOC1. The van der Waals surface area contributed by atoms with E-state index in [1.807, 2.05) is 0 Å². The van der Waals surface area contributed by atoms with Gasteiger partial charge in [-0.2, -0.15) is 0 Å². The van der Waals surface area contributed by atoms with E-state index in [9.17, 15) is 0 Å². The number of halogens is 1. The number of hydrogen-bond acceptors (Lipinski definition) is 2. The number of rotatable bonds is 4. The Morgan fingerprint density at radius 2 is 2.35 bits per heavy atom. The van der Waals surface area contributed by atoms with E-state index in [0.29, 0.717) is 12.0 Å². The van der Waals surface area contributed by atoms with Gasteiger partial charge in [0.15, 0.2) is 0 Å². The first-order chi connectivity index (χ1) is 8.22. The highest BCUT2D eigenvalue weighted by molar-refractivity contribution is 9.10. The highest BCUT2D eigenvalue weighted by atomic mass is 79.9. The van der Waals surface area contributed by atoms with Gasteiger partial charge < -0.3 is 10.1 Å². The van der Waals surface area contributed by atoms with Crippen LogP contribution in [0.1, 0.15) is 30.5 Å². The molecular formula is C14H20BrNO. The maximum Gasteiger partial charge on any atom is 0.0513 e. The largest absolute Gasteiger partial charge is 0.381 e. The molecule has 2 rings (SSSR count). The summed E-state index contributed by atoms with van der Waals surface area (Å²) in [7, 11) is 0. The van der Waals surface area contributed by atoms with Crippen LogP contribution < -0.4 is 5.32 Å². The first-order valence-electron chi connectivity index (χ1n) is 6.29. The van der Waals surface area contributed by atoms with Gasteiger partial charge in [0.25, 0.3) is 0 Å². The summed E-state index contributed by atoms with van der Waals surface area (Å²) in [4.78, 5) is 0. The molecule has 0 amide bonds. The van der Waals surface area contributed by atoms with Crippen molar-refractivity contribution in [2.75, 3.05) is 19.8 Å². The maximum atomic E-state index is 5.52. The summed E-state index contributed by atoms with van der Waals surface area (Å²) in [5, 5.41) is 3.60. The molecule has 17 heavy (non-hydrogen) atoms. The van der Waals surface area contributed by atoms with Crippen molar-refractivity contribution in [3.05, 3.63) is 33.8 Å². The van der Waals surface area contributed by atoms with Gasteiger partial charge in [-0.1, -0.05) is 40.5 Å². The second-order valence-electron chi connectivity index (χ2n) is 4.68. The van der Waals surface area contributed by atoms with Crippen LogP contribution in [0.4, 0.5) is 0 Å². The lowest BCUT2D eigenvalue weighted by atomic mass is 9.91. The van der Waals surface area contributed by atoms with Crippen LogP contribution in [0, 0.1) is 12.8 Å². The highest BCUT2D eigenvalue weighted by Crippen LogP contribution is 2.33. The Balaban J connectivity index is 2.27. The van der Waals surface area contributed by atoms with Gasteiger partial charge in [0.2, 0.25) is 0 Å². The molecule has 1 aliphatic rings. The van der Waals surface area contributed by atoms with Gasteiger partial charge in [-0.15, -0.1) is 0 Å². The number of ether oxygens (including phenoxy) is 1. The van der Waals surface area contributed by atoms with Crippen LogP contribution in [0.3, 0.4) is 0 Å². The molecule has 0 radical (unpaired) electrons. The summed E-state index contributed by atoms with van der Waals surface area (Å²) >= 11 is 3.67. The van der Waals surface area contributed by atoms with Crippen molar-refractivity contribution in [2.45, 2.75) is 26.3 Å². The molecule has 2 atom stereocenters. The fraction of sp³-hybridized carbons (Fsp3) is 0.571. The minimum atomic E-state index is 0.400. The van der Waals surface area contributed by atoms with E-state index < -0.39 is 0 Å². The molecule has 0 saturated carbocycles. The van der Waals surface area contributed by atoms with Crippen LogP contribution in [-0.4, -0.2) is 19.8 Å². The van der Waals surface area contributed by atoms with Crippen LogP contribution >= 0.6 is 15.9 Å². The van der Waals surface area contributed by atoms with Gasteiger partial charge in [0, 0.05) is 23.0 Å². The summed E-state index contributed by atoms with van der Waals surface area (Å²) in [5.41, 5.74) is 2.67. The average molecular weight is 298 g/mol. The van der Waals surface area contributed by atoms with E-state index >= 15 is 0 Å². The normalized spacial score (nSPS) is 21.7. The molecule has 3 heteroatoms. The van der Waals surface area contributed by atoms with Crippen molar-refractivity contribution in [1.82, 2.24) is 5.32 Å². The summed E-state index contributed by atoms with van der Waals surface area (Å²) in [6.07, 6.45) is 1.15. The fourth-order valence-corrected chi connectivity index (χ4v) is 2.96. The van der Waals surface area contributed by atoms with Crippen molar-refractivity contribution in [3.63, 3.8) is 0 Å². The van der Waals surface area contributed by atoms with Gasteiger partial charge in [0.05, 0.1) is 6.61 Å². The molecule has 0 aliphatic carbocycles. The molecule has 0 bridgehead atoms. The molecule has 0 spiro atoms. The Labute approximate surface area is 112 Å². The molecule has 1 saturated heterocycles. The third-order valence-electron chi connectivity index (χ3n) is 3.35. The molecule has 2 nitrogen and oxygen atoms in total. The molecular weight excluding hydrogens is 278 g/mol. The van der Waals surface area contributed by atoms with Crippen LogP contribution in [0.25, 0.3) is 0 Å². The second-order valence-corrected chi connectivity index (χ2v) is 5.54. The fourth-order valence-electron chi connectivity index (χ4n) is 2.47. The quantitative estimate of drug-likeness (QED) is 0.919. The minimum Gasteiger partial charge on any atom is -0.381 e. The third-order valence-corrected chi connectivity index (χ3v) is 4.07. The zero-order valence-electron chi connectivity index (χ0n) is 10.5. The Hall–Kier alpha value is -0.380. The van der Waals surface area contributed by atoms with E-state index in [1.165, 1.54) is 15.6 Å². The predicted octanol–water partition coefficient (Wildman–Crippen LogP) is 3.44. The number of hydrogen-bond donors (Lipinski definition) is 1. The summed E-state index contributed by atoms with van der Waals surface area (Å²) in [5.74, 6) is 0.591. The van der Waals surface area contributed by atoms with Crippen LogP contribution in [0.15, 0.2) is 22.7 Å². The Bertz CT molecular complexity index is 374. The minimum absolute atomic E-state index is 0.400. The number of nitrogens with one attached hydrogen (secondary N) is 1. The zero-order chi connectivity index (χ0) is 12.3. The summed E-state index contributed by atoms with van der Waals surface area (Å²) in [6.45, 7) is 7.06. The lowest BCUT2D eigenvalue weighted by molar-refractivity contribution is 0.177. The first kappa shape index (κ1) is 13.1. The van der Waals surface area contributed by atoms with Gasteiger partial charge in [-0.05, 0) is 31.5 Å². The first-order valence-corrected chi connectivity index (χ1v) is 7.09. The number of benzene rings is 1.